The van der Waals surface area contributed by atoms with Gasteiger partial charge >= 0.3 is 0 Å². The minimum atomic E-state index is -0.222. The fourth-order valence-corrected chi connectivity index (χ4v) is 4.31. The van der Waals surface area contributed by atoms with Gasteiger partial charge in [-0.1, -0.05) is 76.5 Å². The van der Waals surface area contributed by atoms with Crippen LogP contribution in [0, 0.1) is 0 Å². The number of aromatic hydroxyl groups is 1. The van der Waals surface area contributed by atoms with E-state index in [0.29, 0.717) is 47.9 Å². The normalized spacial score (nSPS) is 11.3. The minimum absolute atomic E-state index is 0.0203. The first-order chi connectivity index (χ1) is 16.1. The van der Waals surface area contributed by atoms with E-state index >= 15 is 0 Å². The summed E-state index contributed by atoms with van der Waals surface area (Å²) in [4.78, 5) is 24.9. The van der Waals surface area contributed by atoms with Crippen molar-refractivity contribution in [2.75, 3.05) is 6.54 Å². The van der Waals surface area contributed by atoms with Crippen LogP contribution in [0.5, 0.6) is 5.75 Å². The molecule has 0 saturated carbocycles. The Morgan fingerprint density at radius 3 is 2.33 bits per heavy atom. The highest BCUT2D eigenvalue weighted by Gasteiger charge is 2.14. The second kappa shape index (κ2) is 13.0. The van der Waals surface area contributed by atoms with E-state index in [1.54, 1.807) is 30.3 Å². The second-order valence-electron chi connectivity index (χ2n) is 8.91. The van der Waals surface area contributed by atoms with Crippen molar-refractivity contribution in [3.63, 3.8) is 0 Å². The lowest BCUT2D eigenvalue weighted by Crippen LogP contribution is -2.24. The highest BCUT2D eigenvalue weighted by molar-refractivity contribution is 5.93. The zero-order valence-corrected chi connectivity index (χ0v) is 19.8. The molecule has 33 heavy (non-hydrogen) atoms. The van der Waals surface area contributed by atoms with E-state index < -0.39 is 0 Å². The number of aryl methyl sites for hydroxylation is 1. The molecule has 5 nitrogen and oxygen atoms in total. The van der Waals surface area contributed by atoms with Crippen LogP contribution in [0.4, 0.5) is 0 Å². The van der Waals surface area contributed by atoms with Crippen LogP contribution >= 0.6 is 0 Å². The van der Waals surface area contributed by atoms with E-state index in [9.17, 15) is 14.7 Å². The number of nitrogens with one attached hydrogen (secondary N) is 1. The number of phenols is 1. The van der Waals surface area contributed by atoms with Gasteiger partial charge in [-0.05, 0) is 43.0 Å². The first-order valence-electron chi connectivity index (χ1n) is 12.5. The van der Waals surface area contributed by atoms with Gasteiger partial charge in [0.15, 0.2) is 0 Å². The van der Waals surface area contributed by atoms with Crippen molar-refractivity contribution < 1.29 is 14.3 Å². The SMILES string of the molecule is CCCCCCCCCCCC(=O)NCCCc1ccc2oc3ccccc3c(=O)c2c1O. The third-order valence-corrected chi connectivity index (χ3v) is 6.25. The first kappa shape index (κ1) is 24.8. The molecule has 0 aliphatic rings. The van der Waals surface area contributed by atoms with Gasteiger partial charge in [-0.2, -0.15) is 0 Å². The smallest absolute Gasteiger partial charge is 0.219 e. The molecule has 1 aromatic heterocycles. The Kier molecular flexibility index (Phi) is 9.79. The number of unbranched alkanes of at least 4 members (excludes halogenated alkanes) is 8. The number of rotatable bonds is 14. The summed E-state index contributed by atoms with van der Waals surface area (Å²) in [5.41, 5.74) is 1.37. The molecule has 0 bridgehead atoms. The lowest BCUT2D eigenvalue weighted by Gasteiger charge is -2.09. The number of phenolic OH excluding ortho intramolecular Hbond substituents is 1. The quantitative estimate of drug-likeness (QED) is 0.213. The molecule has 0 aliphatic carbocycles. The van der Waals surface area contributed by atoms with Crippen molar-refractivity contribution in [3.8, 4) is 5.75 Å². The molecule has 0 atom stereocenters. The highest BCUT2D eigenvalue weighted by Crippen LogP contribution is 2.29. The molecule has 2 aromatic carbocycles. The molecular weight excluding hydrogens is 414 g/mol. The fraction of sp³-hybridized carbons (Fsp3) is 0.500. The maximum Gasteiger partial charge on any atom is 0.219 e. The van der Waals surface area contributed by atoms with Crippen molar-refractivity contribution in [2.45, 2.75) is 84.0 Å². The van der Waals surface area contributed by atoms with Crippen LogP contribution in [0.3, 0.4) is 0 Å². The molecule has 1 heterocycles. The third kappa shape index (κ3) is 7.08. The molecule has 0 aliphatic heterocycles. The summed E-state index contributed by atoms with van der Waals surface area (Å²) in [7, 11) is 0. The van der Waals surface area contributed by atoms with E-state index in [1.165, 1.54) is 44.9 Å². The molecule has 5 heteroatoms. The topological polar surface area (TPSA) is 79.5 Å². The molecule has 3 rings (SSSR count). The molecule has 0 saturated heterocycles. The van der Waals surface area contributed by atoms with E-state index in [1.807, 2.05) is 6.07 Å². The number of carbonyl (C=O) groups is 1. The lowest BCUT2D eigenvalue weighted by atomic mass is 10.0. The lowest BCUT2D eigenvalue weighted by molar-refractivity contribution is -0.121. The summed E-state index contributed by atoms with van der Waals surface area (Å²) in [6.45, 7) is 2.79. The van der Waals surface area contributed by atoms with Crippen molar-refractivity contribution in [2.24, 2.45) is 0 Å². The Hall–Kier alpha value is -2.82. The van der Waals surface area contributed by atoms with Gasteiger partial charge in [-0.15, -0.1) is 0 Å². The Bertz CT molecular complexity index is 1100. The molecule has 1 amide bonds. The largest absolute Gasteiger partial charge is 0.507 e. The standard InChI is InChI=1S/C28H37NO4/c1-2-3-4-5-6-7-8-9-10-17-25(30)29-20-13-14-21-18-19-24-26(27(21)31)28(32)22-15-11-12-16-23(22)33-24/h11-12,15-16,18-19,31H,2-10,13-14,17,20H2,1H3,(H,29,30). The number of amides is 1. The van der Waals surface area contributed by atoms with Crippen molar-refractivity contribution >= 4 is 27.8 Å². The monoisotopic (exact) mass is 451 g/mol. The van der Waals surface area contributed by atoms with Gasteiger partial charge in [0.2, 0.25) is 11.3 Å². The van der Waals surface area contributed by atoms with Crippen LogP contribution in [0.2, 0.25) is 0 Å². The average molecular weight is 452 g/mol. The Labute approximate surface area is 196 Å². The highest BCUT2D eigenvalue weighted by atomic mass is 16.3. The maximum absolute atomic E-state index is 12.8. The third-order valence-electron chi connectivity index (χ3n) is 6.25. The van der Waals surface area contributed by atoms with Crippen molar-refractivity contribution in [1.82, 2.24) is 5.32 Å². The molecule has 178 valence electrons. The number of para-hydroxylation sites is 1. The Morgan fingerprint density at radius 2 is 1.58 bits per heavy atom. The van der Waals surface area contributed by atoms with Gasteiger partial charge in [0, 0.05) is 13.0 Å². The van der Waals surface area contributed by atoms with Gasteiger partial charge in [-0.3, -0.25) is 9.59 Å². The summed E-state index contributed by atoms with van der Waals surface area (Å²) in [5, 5.41) is 14.4. The van der Waals surface area contributed by atoms with Crippen LogP contribution in [0.1, 0.15) is 83.1 Å². The number of carbonyl (C=O) groups excluding carboxylic acids is 1. The van der Waals surface area contributed by atoms with Crippen LogP contribution in [0.15, 0.2) is 45.6 Å². The number of hydrogen-bond acceptors (Lipinski definition) is 4. The van der Waals surface area contributed by atoms with E-state index in [4.69, 9.17) is 4.42 Å². The first-order valence-corrected chi connectivity index (χ1v) is 12.5. The average Bonchev–Trinajstić information content (AvgIpc) is 2.82. The number of hydrogen-bond donors (Lipinski definition) is 2. The predicted octanol–water partition coefficient (Wildman–Crippen LogP) is 6.62. The second-order valence-corrected chi connectivity index (χ2v) is 8.91. The van der Waals surface area contributed by atoms with E-state index in [2.05, 4.69) is 12.2 Å². The molecule has 0 fully saturated rings. The molecule has 3 aromatic rings. The van der Waals surface area contributed by atoms with Crippen LogP contribution in [-0.2, 0) is 11.2 Å². The zero-order valence-electron chi connectivity index (χ0n) is 19.8. The number of fused-ring (bicyclic) bond motifs is 2. The summed E-state index contributed by atoms with van der Waals surface area (Å²) < 4.78 is 5.79. The van der Waals surface area contributed by atoms with E-state index in [-0.39, 0.29) is 22.5 Å². The summed E-state index contributed by atoms with van der Waals surface area (Å²) in [6.07, 6.45) is 13.0. The van der Waals surface area contributed by atoms with Gasteiger partial charge in [0.05, 0.1) is 5.39 Å². The zero-order chi connectivity index (χ0) is 23.5. The summed E-state index contributed by atoms with van der Waals surface area (Å²) in [6, 6.07) is 10.6. The van der Waals surface area contributed by atoms with Crippen molar-refractivity contribution in [3.05, 3.63) is 52.2 Å². The van der Waals surface area contributed by atoms with Crippen LogP contribution < -0.4 is 10.7 Å². The Balaban J connectivity index is 1.39. The van der Waals surface area contributed by atoms with Crippen LogP contribution in [0.25, 0.3) is 21.9 Å². The molecule has 0 radical (unpaired) electrons. The molecule has 2 N–H and O–H groups in total. The minimum Gasteiger partial charge on any atom is -0.507 e. The van der Waals surface area contributed by atoms with Gasteiger partial charge in [-0.25, -0.2) is 0 Å². The van der Waals surface area contributed by atoms with E-state index in [0.717, 1.165) is 12.8 Å². The fourth-order valence-electron chi connectivity index (χ4n) is 4.31. The van der Waals surface area contributed by atoms with Gasteiger partial charge in [0.1, 0.15) is 22.3 Å². The summed E-state index contributed by atoms with van der Waals surface area (Å²) in [5.74, 6) is 0.0702. The molecule has 0 unspecified atom stereocenters. The van der Waals surface area contributed by atoms with Crippen molar-refractivity contribution in [1.29, 1.82) is 0 Å². The van der Waals surface area contributed by atoms with Gasteiger partial charge < -0.3 is 14.8 Å². The summed E-state index contributed by atoms with van der Waals surface area (Å²) >= 11 is 0. The molecular formula is C28H37NO4. The van der Waals surface area contributed by atoms with Crippen LogP contribution in [-0.4, -0.2) is 17.6 Å². The predicted molar refractivity (Wildman–Crippen MR) is 135 cm³/mol. The van der Waals surface area contributed by atoms with Gasteiger partial charge in [0.25, 0.3) is 0 Å². The molecule has 0 spiro atoms. The Morgan fingerprint density at radius 1 is 0.879 bits per heavy atom. The number of benzene rings is 2. The maximum atomic E-state index is 12.8.